The third-order valence-electron chi connectivity index (χ3n) is 3.33. The molecule has 0 amide bonds. The van der Waals surface area contributed by atoms with Gasteiger partial charge in [0.25, 0.3) is 0 Å². The van der Waals surface area contributed by atoms with Crippen molar-refractivity contribution < 1.29 is 5.21 Å². The standard InChI is InChI=1S/C15H21N5O/c1-3-14-13(10-20(2)18-14)9-17-8-11-4-6-12(7-5-11)15(16)19-21/h4-7,10,17,21H,3,8-9H2,1-2H3,(H2,16,19). The molecule has 21 heavy (non-hydrogen) atoms. The predicted octanol–water partition coefficient (Wildman–Crippen LogP) is 1.37. The van der Waals surface area contributed by atoms with Gasteiger partial charge >= 0.3 is 0 Å². The number of nitrogens with zero attached hydrogens (tertiary/aromatic N) is 3. The van der Waals surface area contributed by atoms with Crippen molar-refractivity contribution in [3.63, 3.8) is 0 Å². The maximum Gasteiger partial charge on any atom is 0.170 e. The minimum absolute atomic E-state index is 0.123. The first-order valence-corrected chi connectivity index (χ1v) is 6.93. The molecule has 1 aromatic heterocycles. The number of hydrogen-bond acceptors (Lipinski definition) is 4. The summed E-state index contributed by atoms with van der Waals surface area (Å²) in [6.45, 7) is 3.66. The number of hydrogen-bond donors (Lipinski definition) is 3. The summed E-state index contributed by atoms with van der Waals surface area (Å²) < 4.78 is 1.85. The zero-order valence-corrected chi connectivity index (χ0v) is 12.4. The van der Waals surface area contributed by atoms with Crippen LogP contribution >= 0.6 is 0 Å². The van der Waals surface area contributed by atoms with Crippen LogP contribution in [0.3, 0.4) is 0 Å². The first kappa shape index (κ1) is 15.1. The fourth-order valence-electron chi connectivity index (χ4n) is 2.22. The molecule has 6 heteroatoms. The molecule has 1 heterocycles. The van der Waals surface area contributed by atoms with Crippen molar-refractivity contribution >= 4 is 5.84 Å². The second-order valence-electron chi connectivity index (χ2n) is 4.91. The third-order valence-corrected chi connectivity index (χ3v) is 3.33. The highest BCUT2D eigenvalue weighted by atomic mass is 16.4. The smallest absolute Gasteiger partial charge is 0.170 e. The molecule has 0 aliphatic heterocycles. The van der Waals surface area contributed by atoms with Gasteiger partial charge in [0.05, 0.1) is 5.69 Å². The van der Waals surface area contributed by atoms with Crippen LogP contribution in [0.15, 0.2) is 35.6 Å². The quantitative estimate of drug-likeness (QED) is 0.324. The number of rotatable bonds is 6. The molecular formula is C15H21N5O. The molecule has 2 aromatic rings. The second kappa shape index (κ2) is 6.90. The zero-order valence-electron chi connectivity index (χ0n) is 12.4. The van der Waals surface area contributed by atoms with Gasteiger partial charge in [-0.25, -0.2) is 0 Å². The molecule has 4 N–H and O–H groups in total. The number of aromatic nitrogens is 2. The van der Waals surface area contributed by atoms with Crippen LogP contribution in [0, 0.1) is 0 Å². The molecule has 0 aliphatic carbocycles. The van der Waals surface area contributed by atoms with Crippen molar-refractivity contribution in [3.8, 4) is 0 Å². The largest absolute Gasteiger partial charge is 0.409 e. The van der Waals surface area contributed by atoms with Crippen LogP contribution < -0.4 is 11.1 Å². The maximum absolute atomic E-state index is 8.62. The lowest BCUT2D eigenvalue weighted by Crippen LogP contribution is -2.15. The minimum Gasteiger partial charge on any atom is -0.409 e. The Morgan fingerprint density at radius 3 is 2.67 bits per heavy atom. The van der Waals surface area contributed by atoms with E-state index in [9.17, 15) is 0 Å². The highest BCUT2D eigenvalue weighted by Gasteiger charge is 2.05. The second-order valence-corrected chi connectivity index (χ2v) is 4.91. The van der Waals surface area contributed by atoms with Crippen molar-refractivity contribution in [2.75, 3.05) is 0 Å². The topological polar surface area (TPSA) is 88.5 Å². The number of nitrogens with one attached hydrogen (secondary N) is 1. The van der Waals surface area contributed by atoms with E-state index in [-0.39, 0.29) is 5.84 Å². The molecule has 0 saturated heterocycles. The summed E-state index contributed by atoms with van der Waals surface area (Å²) in [5.74, 6) is 0.123. The Morgan fingerprint density at radius 2 is 2.05 bits per heavy atom. The van der Waals surface area contributed by atoms with E-state index in [4.69, 9.17) is 10.9 Å². The van der Waals surface area contributed by atoms with Gasteiger partial charge in [0.1, 0.15) is 0 Å². The van der Waals surface area contributed by atoms with E-state index in [0.717, 1.165) is 30.8 Å². The lowest BCUT2D eigenvalue weighted by atomic mass is 10.1. The van der Waals surface area contributed by atoms with Crippen LogP contribution in [0.2, 0.25) is 0 Å². The van der Waals surface area contributed by atoms with Crippen LogP contribution in [0.25, 0.3) is 0 Å². The Hall–Kier alpha value is -2.34. The van der Waals surface area contributed by atoms with Crippen LogP contribution in [0.4, 0.5) is 0 Å². The Bertz CT molecular complexity index is 615. The molecule has 2 rings (SSSR count). The lowest BCUT2D eigenvalue weighted by molar-refractivity contribution is 0.318. The fourth-order valence-corrected chi connectivity index (χ4v) is 2.22. The van der Waals surface area contributed by atoms with E-state index in [2.05, 4.69) is 22.5 Å². The van der Waals surface area contributed by atoms with Crippen LogP contribution in [-0.2, 0) is 26.6 Å². The molecule has 0 spiro atoms. The number of oxime groups is 1. The number of amidine groups is 1. The predicted molar refractivity (Wildman–Crippen MR) is 82.1 cm³/mol. The van der Waals surface area contributed by atoms with E-state index >= 15 is 0 Å². The van der Waals surface area contributed by atoms with Crippen molar-refractivity contribution in [3.05, 3.63) is 52.8 Å². The van der Waals surface area contributed by atoms with Gasteiger partial charge in [-0.2, -0.15) is 5.10 Å². The molecule has 0 saturated carbocycles. The van der Waals surface area contributed by atoms with E-state index < -0.39 is 0 Å². The highest BCUT2D eigenvalue weighted by Crippen LogP contribution is 2.08. The molecule has 0 fully saturated rings. The van der Waals surface area contributed by atoms with Crippen molar-refractivity contribution in [1.29, 1.82) is 0 Å². The first-order valence-electron chi connectivity index (χ1n) is 6.93. The van der Waals surface area contributed by atoms with E-state index in [1.54, 1.807) is 0 Å². The molecule has 0 radical (unpaired) electrons. The van der Waals surface area contributed by atoms with Gasteiger partial charge in [0.2, 0.25) is 0 Å². The average molecular weight is 287 g/mol. The molecule has 0 atom stereocenters. The fraction of sp³-hybridized carbons (Fsp3) is 0.333. The summed E-state index contributed by atoms with van der Waals surface area (Å²) in [7, 11) is 1.94. The molecule has 0 bridgehead atoms. The van der Waals surface area contributed by atoms with Crippen molar-refractivity contribution in [1.82, 2.24) is 15.1 Å². The van der Waals surface area contributed by atoms with Crippen LogP contribution in [0.1, 0.15) is 29.3 Å². The van der Waals surface area contributed by atoms with Gasteiger partial charge in [-0.15, -0.1) is 0 Å². The third kappa shape index (κ3) is 3.82. The summed E-state index contributed by atoms with van der Waals surface area (Å²) in [6.07, 6.45) is 2.99. The lowest BCUT2D eigenvalue weighted by Gasteiger charge is -2.06. The van der Waals surface area contributed by atoms with Gasteiger partial charge in [0.15, 0.2) is 5.84 Å². The Kier molecular flexibility index (Phi) is 4.94. The van der Waals surface area contributed by atoms with Crippen LogP contribution in [-0.4, -0.2) is 20.8 Å². The van der Waals surface area contributed by atoms with Gasteiger partial charge in [-0.3, -0.25) is 4.68 Å². The Labute approximate surface area is 124 Å². The van der Waals surface area contributed by atoms with Crippen LogP contribution in [0.5, 0.6) is 0 Å². The summed E-state index contributed by atoms with van der Waals surface area (Å²) in [6, 6.07) is 7.61. The minimum atomic E-state index is 0.123. The molecule has 6 nitrogen and oxygen atoms in total. The SMILES string of the molecule is CCc1nn(C)cc1CNCc1ccc(/C(N)=N/O)cc1. The zero-order chi connectivity index (χ0) is 15.2. The number of benzene rings is 1. The monoisotopic (exact) mass is 287 g/mol. The summed E-state index contributed by atoms with van der Waals surface area (Å²) in [5.41, 5.74) is 9.75. The summed E-state index contributed by atoms with van der Waals surface area (Å²) in [4.78, 5) is 0. The number of nitrogens with two attached hydrogens (primary N) is 1. The van der Waals surface area contributed by atoms with Crippen molar-refractivity contribution in [2.24, 2.45) is 17.9 Å². The highest BCUT2D eigenvalue weighted by molar-refractivity contribution is 5.96. The van der Waals surface area contributed by atoms with Crippen molar-refractivity contribution in [2.45, 2.75) is 26.4 Å². The Balaban J connectivity index is 1.91. The molecular weight excluding hydrogens is 266 g/mol. The summed E-state index contributed by atoms with van der Waals surface area (Å²) >= 11 is 0. The van der Waals surface area contributed by atoms with Gasteiger partial charge in [-0.05, 0) is 12.0 Å². The van der Waals surface area contributed by atoms with Gasteiger partial charge < -0.3 is 16.3 Å². The van der Waals surface area contributed by atoms with E-state index in [0.29, 0.717) is 5.56 Å². The molecule has 1 aromatic carbocycles. The van der Waals surface area contributed by atoms with Gasteiger partial charge in [0, 0.05) is 37.5 Å². The Morgan fingerprint density at radius 1 is 1.33 bits per heavy atom. The van der Waals surface area contributed by atoms with Gasteiger partial charge in [-0.1, -0.05) is 36.3 Å². The maximum atomic E-state index is 8.62. The average Bonchev–Trinajstić information content (AvgIpc) is 2.87. The van der Waals surface area contributed by atoms with E-state index in [1.807, 2.05) is 42.2 Å². The molecule has 0 aliphatic rings. The molecule has 0 unspecified atom stereocenters. The van der Waals surface area contributed by atoms with E-state index in [1.165, 1.54) is 5.56 Å². The first-order chi connectivity index (χ1) is 10.1. The summed E-state index contributed by atoms with van der Waals surface area (Å²) in [5, 5.41) is 19.4. The molecule has 112 valence electrons. The number of aryl methyl sites for hydroxylation is 2. The normalized spacial score (nSPS) is 11.8.